The molecule has 15 heavy (non-hydrogen) atoms. The van der Waals surface area contributed by atoms with Crippen LogP contribution in [0.2, 0.25) is 0 Å². The molecule has 0 saturated heterocycles. The van der Waals surface area contributed by atoms with E-state index in [1.54, 1.807) is 0 Å². The molecule has 1 nitrogen and oxygen atoms in total. The molecule has 1 atom stereocenters. The van der Waals surface area contributed by atoms with Crippen molar-refractivity contribution in [2.45, 2.75) is 64.3 Å². The second kappa shape index (κ2) is 7.77. The molecule has 0 aromatic rings. The fourth-order valence-electron chi connectivity index (χ4n) is 2.69. The Morgan fingerprint density at radius 3 is 2.73 bits per heavy atom. The molecule has 1 unspecified atom stereocenters. The molecule has 1 fully saturated rings. The lowest BCUT2D eigenvalue weighted by Gasteiger charge is -2.21. The van der Waals surface area contributed by atoms with Crippen LogP contribution in [0.25, 0.3) is 0 Å². The van der Waals surface area contributed by atoms with Crippen LogP contribution >= 0.6 is 0 Å². The topological polar surface area (TPSA) is 12.0 Å². The lowest BCUT2D eigenvalue weighted by atomic mass is 9.95. The molecule has 1 aliphatic carbocycles. The number of hydrogen-bond acceptors (Lipinski definition) is 1. The Bertz CT molecular complexity index is 186. The predicted octanol–water partition coefficient (Wildman–Crippen LogP) is 3.35. The first kappa shape index (κ1) is 12.6. The maximum absolute atomic E-state index is 5.28. The van der Waals surface area contributed by atoms with Crippen molar-refractivity contribution >= 4 is 0 Å². The first-order valence-corrected chi connectivity index (χ1v) is 6.53. The van der Waals surface area contributed by atoms with E-state index in [2.05, 4.69) is 18.2 Å². The van der Waals surface area contributed by atoms with Crippen molar-refractivity contribution in [1.29, 1.82) is 0 Å². The number of terminal acetylenes is 1. The minimum atomic E-state index is 0.714. The zero-order valence-corrected chi connectivity index (χ0v) is 10.1. The van der Waals surface area contributed by atoms with Gasteiger partial charge in [-0.15, -0.1) is 12.3 Å². The molecule has 0 aromatic carbocycles. The maximum Gasteiger partial charge on any atom is 0.00866 e. The Kier molecular flexibility index (Phi) is 6.52. The van der Waals surface area contributed by atoms with Gasteiger partial charge in [0.2, 0.25) is 0 Å². The Balaban J connectivity index is 2.19. The third kappa shape index (κ3) is 5.23. The second-order valence-electron chi connectivity index (χ2n) is 4.74. The van der Waals surface area contributed by atoms with Crippen molar-refractivity contribution in [3.8, 4) is 12.3 Å². The third-order valence-corrected chi connectivity index (χ3v) is 3.46. The summed E-state index contributed by atoms with van der Waals surface area (Å²) in [7, 11) is 0. The highest BCUT2D eigenvalue weighted by Gasteiger charge is 2.19. The summed E-state index contributed by atoms with van der Waals surface area (Å²) in [5.74, 6) is 3.72. The highest BCUT2D eigenvalue weighted by Crippen LogP contribution is 2.29. The smallest absolute Gasteiger partial charge is 0.00866 e. The minimum Gasteiger partial charge on any atom is -0.314 e. The molecule has 0 bridgehead atoms. The molecular weight excluding hydrogens is 182 g/mol. The van der Waals surface area contributed by atoms with Gasteiger partial charge in [0, 0.05) is 12.5 Å². The van der Waals surface area contributed by atoms with Crippen molar-refractivity contribution in [1.82, 2.24) is 5.32 Å². The molecule has 1 saturated carbocycles. The van der Waals surface area contributed by atoms with Crippen LogP contribution in [0.3, 0.4) is 0 Å². The Morgan fingerprint density at radius 2 is 2.13 bits per heavy atom. The van der Waals surface area contributed by atoms with Crippen LogP contribution in [0.1, 0.15) is 58.3 Å². The van der Waals surface area contributed by atoms with Gasteiger partial charge in [0.1, 0.15) is 0 Å². The Labute approximate surface area is 95.0 Å². The lowest BCUT2D eigenvalue weighted by Crippen LogP contribution is -2.30. The summed E-state index contributed by atoms with van der Waals surface area (Å²) in [6, 6.07) is 0.714. The van der Waals surface area contributed by atoms with Crippen LogP contribution in [0, 0.1) is 18.3 Å². The van der Waals surface area contributed by atoms with Crippen molar-refractivity contribution in [2.75, 3.05) is 6.54 Å². The molecule has 1 N–H and O–H groups in total. The number of rotatable bonds is 7. The second-order valence-corrected chi connectivity index (χ2v) is 4.74. The fourth-order valence-corrected chi connectivity index (χ4v) is 2.69. The molecule has 0 radical (unpaired) electrons. The summed E-state index contributed by atoms with van der Waals surface area (Å²) in [6.07, 6.45) is 15.8. The summed E-state index contributed by atoms with van der Waals surface area (Å²) in [4.78, 5) is 0. The molecule has 1 heteroatoms. The zero-order chi connectivity index (χ0) is 10.9. The van der Waals surface area contributed by atoms with Crippen LogP contribution in [0.4, 0.5) is 0 Å². The molecule has 0 aromatic heterocycles. The van der Waals surface area contributed by atoms with Gasteiger partial charge < -0.3 is 5.32 Å². The summed E-state index contributed by atoms with van der Waals surface area (Å²) < 4.78 is 0. The van der Waals surface area contributed by atoms with E-state index >= 15 is 0 Å². The van der Waals surface area contributed by atoms with Gasteiger partial charge in [-0.1, -0.05) is 32.6 Å². The van der Waals surface area contributed by atoms with E-state index in [0.717, 1.165) is 18.9 Å². The van der Waals surface area contributed by atoms with Gasteiger partial charge in [-0.2, -0.15) is 0 Å². The molecule has 0 spiro atoms. The maximum atomic E-state index is 5.28. The predicted molar refractivity (Wildman–Crippen MR) is 66.7 cm³/mol. The van der Waals surface area contributed by atoms with E-state index in [1.165, 1.54) is 44.9 Å². The minimum absolute atomic E-state index is 0.714. The monoisotopic (exact) mass is 207 g/mol. The summed E-state index contributed by atoms with van der Waals surface area (Å²) in [5, 5.41) is 3.60. The molecule has 0 amide bonds. The molecule has 1 aliphatic rings. The van der Waals surface area contributed by atoms with Crippen LogP contribution in [-0.2, 0) is 0 Å². The van der Waals surface area contributed by atoms with Gasteiger partial charge in [0.25, 0.3) is 0 Å². The van der Waals surface area contributed by atoms with Gasteiger partial charge in [-0.3, -0.25) is 0 Å². The molecule has 1 rings (SSSR count). The van der Waals surface area contributed by atoms with Gasteiger partial charge >= 0.3 is 0 Å². The zero-order valence-electron chi connectivity index (χ0n) is 10.1. The normalized spacial score (nSPS) is 18.9. The number of hydrogen-bond donors (Lipinski definition) is 1. The van der Waals surface area contributed by atoms with Crippen LogP contribution < -0.4 is 5.32 Å². The van der Waals surface area contributed by atoms with E-state index in [4.69, 9.17) is 6.42 Å². The largest absolute Gasteiger partial charge is 0.314 e. The molecule has 0 heterocycles. The Morgan fingerprint density at radius 1 is 1.40 bits per heavy atom. The average molecular weight is 207 g/mol. The van der Waals surface area contributed by atoms with Crippen molar-refractivity contribution in [3.05, 3.63) is 0 Å². The van der Waals surface area contributed by atoms with Gasteiger partial charge in [0.05, 0.1) is 0 Å². The van der Waals surface area contributed by atoms with Gasteiger partial charge in [-0.05, 0) is 31.7 Å². The van der Waals surface area contributed by atoms with Crippen molar-refractivity contribution in [3.63, 3.8) is 0 Å². The quantitative estimate of drug-likeness (QED) is 0.498. The first-order chi connectivity index (χ1) is 7.36. The fraction of sp³-hybridized carbons (Fsp3) is 0.857. The third-order valence-electron chi connectivity index (χ3n) is 3.46. The van der Waals surface area contributed by atoms with Gasteiger partial charge in [-0.25, -0.2) is 0 Å². The van der Waals surface area contributed by atoms with E-state index < -0.39 is 0 Å². The summed E-state index contributed by atoms with van der Waals surface area (Å²) >= 11 is 0. The highest BCUT2D eigenvalue weighted by atomic mass is 14.9. The SMILES string of the molecule is C#CCCCC(CC1CCCC1)NCC. The molecular formula is C14H25N. The van der Waals surface area contributed by atoms with Crippen LogP contribution in [0.15, 0.2) is 0 Å². The van der Waals surface area contributed by atoms with Crippen molar-refractivity contribution in [2.24, 2.45) is 5.92 Å². The highest BCUT2D eigenvalue weighted by molar-refractivity contribution is 4.84. The lowest BCUT2D eigenvalue weighted by molar-refractivity contribution is 0.371. The number of nitrogens with one attached hydrogen (secondary N) is 1. The summed E-state index contributed by atoms with van der Waals surface area (Å²) in [5.41, 5.74) is 0. The van der Waals surface area contributed by atoms with Crippen LogP contribution in [0.5, 0.6) is 0 Å². The average Bonchev–Trinajstić information content (AvgIpc) is 2.71. The van der Waals surface area contributed by atoms with E-state index in [9.17, 15) is 0 Å². The standard InChI is InChI=1S/C14H25N/c1-3-5-6-11-14(15-4-2)12-13-9-7-8-10-13/h1,13-15H,4-12H2,2H3. The van der Waals surface area contributed by atoms with E-state index in [-0.39, 0.29) is 0 Å². The van der Waals surface area contributed by atoms with E-state index in [0.29, 0.717) is 6.04 Å². The number of unbranched alkanes of at least 4 members (excludes halogenated alkanes) is 1. The molecule has 86 valence electrons. The first-order valence-electron chi connectivity index (χ1n) is 6.53. The Hall–Kier alpha value is -0.480. The van der Waals surface area contributed by atoms with E-state index in [1.807, 2.05) is 0 Å². The molecule has 0 aliphatic heterocycles. The van der Waals surface area contributed by atoms with Crippen molar-refractivity contribution < 1.29 is 0 Å². The van der Waals surface area contributed by atoms with Gasteiger partial charge in [0.15, 0.2) is 0 Å². The summed E-state index contributed by atoms with van der Waals surface area (Å²) in [6.45, 7) is 3.29. The van der Waals surface area contributed by atoms with Crippen LogP contribution in [-0.4, -0.2) is 12.6 Å².